The predicted molar refractivity (Wildman–Crippen MR) is 111 cm³/mol. The fourth-order valence-corrected chi connectivity index (χ4v) is 2.63. The number of ether oxygens (including phenoxy) is 1. The van der Waals surface area contributed by atoms with Crippen LogP contribution in [0.3, 0.4) is 0 Å². The minimum Gasteiger partial charge on any atom is -0.445 e. The van der Waals surface area contributed by atoms with E-state index in [0.29, 0.717) is 6.54 Å². The van der Waals surface area contributed by atoms with Crippen molar-refractivity contribution in [3.63, 3.8) is 0 Å². The van der Waals surface area contributed by atoms with Crippen LogP contribution in [0.5, 0.6) is 0 Å². The van der Waals surface area contributed by atoms with Gasteiger partial charge in [0.25, 0.3) is 0 Å². The van der Waals surface area contributed by atoms with E-state index in [9.17, 15) is 9.59 Å². The van der Waals surface area contributed by atoms with Gasteiger partial charge in [0.15, 0.2) is 0 Å². The maximum Gasteiger partial charge on any atom is 0.408 e. The van der Waals surface area contributed by atoms with Crippen LogP contribution in [0.2, 0.25) is 0 Å². The summed E-state index contributed by atoms with van der Waals surface area (Å²) in [5.74, 6) is -0.223. The third-order valence-electron chi connectivity index (χ3n) is 4.33. The molecule has 1 atom stereocenters. The van der Waals surface area contributed by atoms with Gasteiger partial charge in [-0.05, 0) is 43.0 Å². The first kappa shape index (κ1) is 21.3. The number of nitrogens with one attached hydrogen (secondary N) is 2. The van der Waals surface area contributed by atoms with Crippen molar-refractivity contribution in [2.75, 3.05) is 25.5 Å². The van der Waals surface area contributed by atoms with Crippen LogP contribution in [0.4, 0.5) is 10.5 Å². The number of benzene rings is 2. The first-order valence-electron chi connectivity index (χ1n) is 9.47. The number of carbonyl (C=O) groups excluding carboxylic acids is 2. The lowest BCUT2D eigenvalue weighted by molar-refractivity contribution is -0.122. The zero-order chi connectivity index (χ0) is 20.4. The van der Waals surface area contributed by atoms with Crippen molar-refractivity contribution in [1.29, 1.82) is 0 Å². The summed E-state index contributed by atoms with van der Waals surface area (Å²) in [5, 5.41) is 5.39. The second-order valence-electron chi connectivity index (χ2n) is 6.88. The summed E-state index contributed by atoms with van der Waals surface area (Å²) < 4.78 is 5.13. The van der Waals surface area contributed by atoms with E-state index in [-0.39, 0.29) is 12.5 Å². The largest absolute Gasteiger partial charge is 0.445 e. The Bertz CT molecular complexity index is 745. The van der Waals surface area contributed by atoms with Crippen LogP contribution in [0.15, 0.2) is 54.6 Å². The number of carbonyl (C=O) groups is 2. The monoisotopic (exact) mass is 383 g/mol. The maximum atomic E-state index is 12.1. The molecule has 6 nitrogen and oxygen atoms in total. The van der Waals surface area contributed by atoms with E-state index >= 15 is 0 Å². The molecule has 150 valence electrons. The molecular formula is C22H29N3O3. The maximum absolute atomic E-state index is 12.1. The highest BCUT2D eigenvalue weighted by Crippen LogP contribution is 2.13. The van der Waals surface area contributed by atoms with Gasteiger partial charge in [-0.3, -0.25) is 4.79 Å². The highest BCUT2D eigenvalue weighted by Gasteiger charge is 2.15. The zero-order valence-electron chi connectivity index (χ0n) is 16.8. The number of nitrogens with zero attached hydrogens (tertiary/aromatic N) is 1. The minimum absolute atomic E-state index is 0.174. The lowest BCUT2D eigenvalue weighted by Crippen LogP contribution is -2.45. The highest BCUT2D eigenvalue weighted by molar-refractivity contribution is 5.85. The summed E-state index contributed by atoms with van der Waals surface area (Å²) in [6.45, 7) is 2.37. The standard InChI is InChI=1S/C22H29N3O3/c1-17(24-22(27)28-16-19-8-5-4-6-9-19)21(26)23-15-7-10-18-11-13-20(14-12-18)25(2)3/h4-6,8-9,11-14,17H,7,10,15-16H2,1-3H3,(H,23,26)(H,24,27)/t17-/m1/s1. The molecule has 0 saturated carbocycles. The van der Waals surface area contributed by atoms with Gasteiger partial charge in [-0.15, -0.1) is 0 Å². The molecule has 0 heterocycles. The molecule has 0 radical (unpaired) electrons. The van der Waals surface area contributed by atoms with Gasteiger partial charge < -0.3 is 20.3 Å². The Morgan fingerprint density at radius 3 is 2.32 bits per heavy atom. The molecule has 6 heteroatoms. The molecule has 0 aliphatic heterocycles. The first-order chi connectivity index (χ1) is 13.5. The number of rotatable bonds is 9. The first-order valence-corrected chi connectivity index (χ1v) is 9.47. The van der Waals surface area contributed by atoms with Crippen molar-refractivity contribution in [1.82, 2.24) is 10.6 Å². The number of alkyl carbamates (subject to hydrolysis) is 1. The number of hydrogen-bond acceptors (Lipinski definition) is 4. The van der Waals surface area contributed by atoms with Crippen LogP contribution >= 0.6 is 0 Å². The van der Waals surface area contributed by atoms with E-state index in [1.807, 2.05) is 44.4 Å². The van der Waals surface area contributed by atoms with Gasteiger partial charge in [-0.2, -0.15) is 0 Å². The van der Waals surface area contributed by atoms with E-state index in [0.717, 1.165) is 24.1 Å². The Labute approximate surface area is 166 Å². The third-order valence-corrected chi connectivity index (χ3v) is 4.33. The third kappa shape index (κ3) is 7.31. The van der Waals surface area contributed by atoms with Gasteiger partial charge in [0.1, 0.15) is 12.6 Å². The van der Waals surface area contributed by atoms with Gasteiger partial charge >= 0.3 is 6.09 Å². The molecule has 0 bridgehead atoms. The summed E-state index contributed by atoms with van der Waals surface area (Å²) in [6.07, 6.45) is 1.11. The second-order valence-corrected chi connectivity index (χ2v) is 6.88. The molecule has 0 fully saturated rings. The SMILES string of the molecule is C[C@@H](NC(=O)OCc1ccccc1)C(=O)NCCCc1ccc(N(C)C)cc1. The Balaban J connectivity index is 1.63. The summed E-state index contributed by atoms with van der Waals surface area (Å²) in [6, 6.07) is 17.1. The Kier molecular flexibility index (Phi) is 8.34. The summed E-state index contributed by atoms with van der Waals surface area (Å²) in [7, 11) is 4.02. The molecule has 0 spiro atoms. The lowest BCUT2D eigenvalue weighted by atomic mass is 10.1. The molecule has 0 aliphatic rings. The predicted octanol–water partition coefficient (Wildman–Crippen LogP) is 3.12. The molecule has 0 aliphatic carbocycles. The summed E-state index contributed by atoms with van der Waals surface area (Å²) in [4.78, 5) is 26.0. The molecule has 2 N–H and O–H groups in total. The van der Waals surface area contributed by atoms with Crippen molar-refractivity contribution in [2.45, 2.75) is 32.4 Å². The minimum atomic E-state index is -0.650. The fourth-order valence-electron chi connectivity index (χ4n) is 2.63. The Morgan fingerprint density at radius 2 is 1.68 bits per heavy atom. The average Bonchev–Trinajstić information content (AvgIpc) is 2.70. The van der Waals surface area contributed by atoms with Crippen molar-refractivity contribution in [3.8, 4) is 0 Å². The molecule has 0 unspecified atom stereocenters. The van der Waals surface area contributed by atoms with Crippen molar-refractivity contribution in [2.24, 2.45) is 0 Å². The summed E-state index contributed by atoms with van der Waals surface area (Å²) >= 11 is 0. The normalized spacial score (nSPS) is 11.4. The van der Waals surface area contributed by atoms with Crippen LogP contribution in [0, 0.1) is 0 Å². The van der Waals surface area contributed by atoms with Gasteiger partial charge in [-0.25, -0.2) is 4.79 Å². The second kappa shape index (κ2) is 11.0. The van der Waals surface area contributed by atoms with Crippen molar-refractivity contribution in [3.05, 3.63) is 65.7 Å². The smallest absolute Gasteiger partial charge is 0.408 e. The summed E-state index contributed by atoms with van der Waals surface area (Å²) in [5.41, 5.74) is 3.29. The molecule has 28 heavy (non-hydrogen) atoms. The number of hydrogen-bond donors (Lipinski definition) is 2. The van der Waals surface area contributed by atoms with Crippen LogP contribution in [0.1, 0.15) is 24.5 Å². The van der Waals surface area contributed by atoms with Crippen LogP contribution < -0.4 is 15.5 Å². The Morgan fingerprint density at radius 1 is 1.00 bits per heavy atom. The number of amides is 2. The van der Waals surface area contributed by atoms with Crippen LogP contribution in [-0.2, 0) is 22.6 Å². The molecule has 2 aromatic carbocycles. The molecule has 2 rings (SSSR count). The van der Waals surface area contributed by atoms with Gasteiger partial charge in [0, 0.05) is 26.3 Å². The lowest BCUT2D eigenvalue weighted by Gasteiger charge is -2.14. The molecule has 0 aromatic heterocycles. The van der Waals surface area contributed by atoms with Crippen LogP contribution in [0.25, 0.3) is 0 Å². The zero-order valence-corrected chi connectivity index (χ0v) is 16.8. The van der Waals surface area contributed by atoms with Gasteiger partial charge in [0.05, 0.1) is 0 Å². The van der Waals surface area contributed by atoms with E-state index in [1.165, 1.54) is 5.56 Å². The molecule has 0 saturated heterocycles. The average molecular weight is 383 g/mol. The van der Waals surface area contributed by atoms with E-state index in [2.05, 4.69) is 39.8 Å². The van der Waals surface area contributed by atoms with E-state index < -0.39 is 12.1 Å². The van der Waals surface area contributed by atoms with Crippen molar-refractivity contribution < 1.29 is 14.3 Å². The number of aryl methyl sites for hydroxylation is 1. The van der Waals surface area contributed by atoms with E-state index in [1.54, 1.807) is 6.92 Å². The van der Waals surface area contributed by atoms with Gasteiger partial charge in [0.2, 0.25) is 5.91 Å². The molecule has 2 aromatic rings. The Hall–Kier alpha value is -3.02. The van der Waals surface area contributed by atoms with Gasteiger partial charge in [-0.1, -0.05) is 42.5 Å². The fraction of sp³-hybridized carbons (Fsp3) is 0.364. The quantitative estimate of drug-likeness (QED) is 0.653. The highest BCUT2D eigenvalue weighted by atomic mass is 16.5. The molecular weight excluding hydrogens is 354 g/mol. The van der Waals surface area contributed by atoms with Crippen LogP contribution in [-0.4, -0.2) is 38.7 Å². The molecule has 2 amide bonds. The number of anilines is 1. The van der Waals surface area contributed by atoms with Crippen molar-refractivity contribution >= 4 is 17.7 Å². The topological polar surface area (TPSA) is 70.7 Å². The van der Waals surface area contributed by atoms with E-state index in [4.69, 9.17) is 4.74 Å².